The van der Waals surface area contributed by atoms with Crippen LogP contribution in [0.15, 0.2) is 18.2 Å². The van der Waals surface area contributed by atoms with Gasteiger partial charge < -0.3 is 15.6 Å². The molecule has 0 radical (unpaired) electrons. The lowest BCUT2D eigenvalue weighted by atomic mass is 9.83. The first-order valence-electron chi connectivity index (χ1n) is 6.47. The van der Waals surface area contributed by atoms with Gasteiger partial charge in [-0.25, -0.2) is 0 Å². The third-order valence-corrected chi connectivity index (χ3v) is 3.41. The number of nitrogens with two attached hydrogens (primary N) is 1. The van der Waals surface area contributed by atoms with Crippen molar-refractivity contribution in [3.63, 3.8) is 0 Å². The molecule has 4 heteroatoms. The Balaban J connectivity index is 3.04. The molecule has 0 spiro atoms. The van der Waals surface area contributed by atoms with E-state index in [9.17, 15) is 9.90 Å². The van der Waals surface area contributed by atoms with Gasteiger partial charge in [0.25, 0.3) is 0 Å². The van der Waals surface area contributed by atoms with Gasteiger partial charge in [-0.3, -0.25) is 4.79 Å². The van der Waals surface area contributed by atoms with Crippen LogP contribution >= 0.6 is 0 Å². The zero-order valence-corrected chi connectivity index (χ0v) is 12.1. The number of aliphatic carboxylic acids is 1. The third-order valence-electron chi connectivity index (χ3n) is 3.41. The Morgan fingerprint density at radius 1 is 1.47 bits per heavy atom. The predicted octanol–water partition coefficient (Wildman–Crippen LogP) is 2.76. The van der Waals surface area contributed by atoms with Gasteiger partial charge in [0.1, 0.15) is 5.75 Å². The highest BCUT2D eigenvalue weighted by atomic mass is 16.5. The summed E-state index contributed by atoms with van der Waals surface area (Å²) < 4.78 is 5.31. The molecule has 0 fully saturated rings. The van der Waals surface area contributed by atoms with E-state index in [-0.39, 0.29) is 6.04 Å². The van der Waals surface area contributed by atoms with Crippen LogP contribution < -0.4 is 10.5 Å². The fourth-order valence-corrected chi connectivity index (χ4v) is 2.04. The first kappa shape index (κ1) is 15.5. The van der Waals surface area contributed by atoms with Gasteiger partial charge in [0.2, 0.25) is 0 Å². The first-order chi connectivity index (χ1) is 8.81. The lowest BCUT2D eigenvalue weighted by molar-refractivity contribution is -0.147. The molecule has 1 atom stereocenters. The highest BCUT2D eigenvalue weighted by molar-refractivity contribution is 5.73. The first-order valence-corrected chi connectivity index (χ1v) is 6.47. The summed E-state index contributed by atoms with van der Waals surface area (Å²) in [6.45, 7) is 5.44. The summed E-state index contributed by atoms with van der Waals surface area (Å²) in [5.74, 6) is -0.126. The van der Waals surface area contributed by atoms with Crippen LogP contribution in [0.5, 0.6) is 5.75 Å². The summed E-state index contributed by atoms with van der Waals surface area (Å²) in [5.41, 5.74) is 7.36. The number of hydrogen-bond acceptors (Lipinski definition) is 3. The predicted molar refractivity (Wildman–Crippen MR) is 75.3 cm³/mol. The molecular weight excluding hydrogens is 242 g/mol. The van der Waals surface area contributed by atoms with Crippen molar-refractivity contribution in [2.45, 2.75) is 39.7 Å². The minimum Gasteiger partial charge on any atom is -0.496 e. The Hall–Kier alpha value is -1.55. The Kier molecular flexibility index (Phi) is 4.95. The van der Waals surface area contributed by atoms with Crippen molar-refractivity contribution >= 4 is 5.97 Å². The van der Waals surface area contributed by atoms with Crippen LogP contribution in [0.25, 0.3) is 0 Å². The lowest BCUT2D eigenvalue weighted by Crippen LogP contribution is -2.29. The molecule has 1 aromatic carbocycles. The SMILES string of the molecule is CCc1ccc(OC)c(C(N)CC(C)(C)C(=O)O)c1. The van der Waals surface area contributed by atoms with Gasteiger partial charge in [-0.1, -0.05) is 19.1 Å². The van der Waals surface area contributed by atoms with Crippen molar-refractivity contribution in [2.75, 3.05) is 7.11 Å². The monoisotopic (exact) mass is 265 g/mol. The second-order valence-electron chi connectivity index (χ2n) is 5.43. The number of benzene rings is 1. The number of carbonyl (C=O) groups is 1. The summed E-state index contributed by atoms with van der Waals surface area (Å²) in [5, 5.41) is 9.18. The Morgan fingerprint density at radius 3 is 2.58 bits per heavy atom. The van der Waals surface area contributed by atoms with E-state index in [1.807, 2.05) is 18.2 Å². The Bertz CT molecular complexity index is 455. The van der Waals surface area contributed by atoms with Gasteiger partial charge in [0.15, 0.2) is 0 Å². The lowest BCUT2D eigenvalue weighted by Gasteiger charge is -2.25. The van der Waals surface area contributed by atoms with Crippen molar-refractivity contribution in [1.29, 1.82) is 0 Å². The topological polar surface area (TPSA) is 72.5 Å². The molecule has 3 N–H and O–H groups in total. The minimum atomic E-state index is -0.855. The van der Waals surface area contributed by atoms with E-state index in [2.05, 4.69) is 6.92 Å². The van der Waals surface area contributed by atoms with Crippen LogP contribution in [-0.4, -0.2) is 18.2 Å². The molecule has 0 amide bonds. The summed E-state index contributed by atoms with van der Waals surface area (Å²) >= 11 is 0. The molecule has 0 aliphatic heterocycles. The standard InChI is InChI=1S/C15H23NO3/c1-5-10-6-7-13(19-4)11(8-10)12(16)9-15(2,3)14(17)18/h6-8,12H,5,9,16H2,1-4H3,(H,17,18). The van der Waals surface area contributed by atoms with E-state index in [0.29, 0.717) is 12.2 Å². The van der Waals surface area contributed by atoms with E-state index in [1.54, 1.807) is 21.0 Å². The van der Waals surface area contributed by atoms with Gasteiger partial charge in [0, 0.05) is 11.6 Å². The van der Waals surface area contributed by atoms with Crippen molar-refractivity contribution in [3.05, 3.63) is 29.3 Å². The van der Waals surface area contributed by atoms with Crippen molar-refractivity contribution < 1.29 is 14.6 Å². The largest absolute Gasteiger partial charge is 0.496 e. The Labute approximate surface area is 114 Å². The maximum atomic E-state index is 11.2. The summed E-state index contributed by atoms with van der Waals surface area (Å²) in [7, 11) is 1.60. The highest BCUT2D eigenvalue weighted by Crippen LogP contribution is 2.33. The number of methoxy groups -OCH3 is 1. The highest BCUT2D eigenvalue weighted by Gasteiger charge is 2.30. The fourth-order valence-electron chi connectivity index (χ4n) is 2.04. The number of carboxylic acids is 1. The van der Waals surface area contributed by atoms with Gasteiger partial charge in [0.05, 0.1) is 12.5 Å². The van der Waals surface area contributed by atoms with E-state index in [1.165, 1.54) is 5.56 Å². The van der Waals surface area contributed by atoms with E-state index < -0.39 is 11.4 Å². The van der Waals surface area contributed by atoms with Crippen LogP contribution in [-0.2, 0) is 11.2 Å². The minimum absolute atomic E-state index is 0.354. The van der Waals surface area contributed by atoms with E-state index in [0.717, 1.165) is 12.0 Å². The summed E-state index contributed by atoms with van der Waals surface area (Å²) in [6, 6.07) is 5.54. The average molecular weight is 265 g/mol. The number of carboxylic acid groups (broad SMARTS) is 1. The quantitative estimate of drug-likeness (QED) is 0.829. The van der Waals surface area contributed by atoms with Gasteiger partial charge in [-0.15, -0.1) is 0 Å². The molecule has 0 bridgehead atoms. The average Bonchev–Trinajstić information content (AvgIpc) is 2.37. The molecule has 0 aromatic heterocycles. The number of rotatable bonds is 6. The third kappa shape index (κ3) is 3.70. The Morgan fingerprint density at radius 2 is 2.11 bits per heavy atom. The molecule has 4 nitrogen and oxygen atoms in total. The zero-order valence-electron chi connectivity index (χ0n) is 12.1. The summed E-state index contributed by atoms with van der Waals surface area (Å²) in [4.78, 5) is 11.2. The molecule has 19 heavy (non-hydrogen) atoms. The van der Waals surface area contributed by atoms with Crippen molar-refractivity contribution in [3.8, 4) is 5.75 Å². The van der Waals surface area contributed by atoms with Crippen LogP contribution in [0.1, 0.15) is 44.4 Å². The molecule has 0 heterocycles. The molecule has 0 aliphatic carbocycles. The van der Waals surface area contributed by atoms with Gasteiger partial charge >= 0.3 is 5.97 Å². The second kappa shape index (κ2) is 6.06. The molecular formula is C15H23NO3. The smallest absolute Gasteiger partial charge is 0.309 e. The van der Waals surface area contributed by atoms with Crippen LogP contribution in [0, 0.1) is 5.41 Å². The maximum Gasteiger partial charge on any atom is 0.309 e. The van der Waals surface area contributed by atoms with Gasteiger partial charge in [-0.2, -0.15) is 0 Å². The molecule has 106 valence electrons. The molecule has 1 rings (SSSR count). The van der Waals surface area contributed by atoms with Gasteiger partial charge in [-0.05, 0) is 38.3 Å². The maximum absolute atomic E-state index is 11.2. The zero-order chi connectivity index (χ0) is 14.6. The fraction of sp³-hybridized carbons (Fsp3) is 0.533. The van der Waals surface area contributed by atoms with Crippen LogP contribution in [0.4, 0.5) is 0 Å². The van der Waals surface area contributed by atoms with E-state index in [4.69, 9.17) is 10.5 Å². The molecule has 1 aromatic rings. The van der Waals surface area contributed by atoms with E-state index >= 15 is 0 Å². The van der Waals surface area contributed by atoms with Crippen molar-refractivity contribution in [1.82, 2.24) is 0 Å². The van der Waals surface area contributed by atoms with Crippen molar-refractivity contribution in [2.24, 2.45) is 11.1 Å². The number of hydrogen-bond donors (Lipinski definition) is 2. The van der Waals surface area contributed by atoms with Crippen LogP contribution in [0.3, 0.4) is 0 Å². The molecule has 0 aliphatic rings. The summed E-state index contributed by atoms with van der Waals surface area (Å²) in [6.07, 6.45) is 1.28. The molecule has 1 unspecified atom stereocenters. The molecule has 0 saturated heterocycles. The van der Waals surface area contributed by atoms with Crippen LogP contribution in [0.2, 0.25) is 0 Å². The normalized spacial score (nSPS) is 13.1. The molecule has 0 saturated carbocycles. The number of ether oxygens (including phenoxy) is 1. The number of aryl methyl sites for hydroxylation is 1. The second-order valence-corrected chi connectivity index (χ2v) is 5.43.